The molecule has 0 aliphatic rings. The second-order valence-corrected chi connectivity index (χ2v) is 2.42. The Hall–Kier alpha value is -0.640. The first-order valence-electron chi connectivity index (χ1n) is 3.69. The van der Waals surface area contributed by atoms with E-state index in [1.165, 1.54) is 0 Å². The summed E-state index contributed by atoms with van der Waals surface area (Å²) in [7, 11) is 0. The van der Waals surface area contributed by atoms with E-state index < -0.39 is 38.3 Å². The molecule has 0 amide bonds. The minimum Gasteiger partial charge on any atom is -0.314 e. The molecule has 0 N–H and O–H groups in total. The minimum atomic E-state index is -4.83. The van der Waals surface area contributed by atoms with Crippen molar-refractivity contribution in [3.8, 4) is 0 Å². The third kappa shape index (κ3) is 4.92. The third-order valence-electron chi connectivity index (χ3n) is 1.18. The first kappa shape index (κ1) is 15.4. The Labute approximate surface area is 84.1 Å². The predicted molar refractivity (Wildman–Crippen MR) is 33.8 cm³/mol. The molecule has 2 nitrogen and oxygen atoms in total. The molecule has 98 valence electrons. The number of halogens is 8. The second kappa shape index (κ2) is 5.62. The maximum Gasteiger partial charge on any atom is 0.416 e. The Morgan fingerprint density at radius 3 is 1.12 bits per heavy atom. The minimum absolute atomic E-state index is 1.38. The van der Waals surface area contributed by atoms with Crippen LogP contribution in [0.5, 0.6) is 0 Å². The molecule has 0 aliphatic carbocycles. The molecule has 0 atom stereocenters. The van der Waals surface area contributed by atoms with Crippen molar-refractivity contribution in [1.29, 1.82) is 0 Å². The van der Waals surface area contributed by atoms with Crippen LogP contribution >= 0.6 is 0 Å². The Balaban J connectivity index is 3.85. The molecule has 16 heavy (non-hydrogen) atoms. The van der Waals surface area contributed by atoms with Gasteiger partial charge in [-0.2, -0.15) is 17.6 Å². The molecule has 0 unspecified atom stereocenters. The molecule has 0 heterocycles. The van der Waals surface area contributed by atoms with Gasteiger partial charge in [-0.05, 0) is 0 Å². The van der Waals surface area contributed by atoms with Gasteiger partial charge in [-0.3, -0.25) is 0 Å². The highest BCUT2D eigenvalue weighted by molar-refractivity contribution is 4.57. The molecule has 0 fully saturated rings. The zero-order valence-corrected chi connectivity index (χ0v) is 7.41. The van der Waals surface area contributed by atoms with E-state index in [2.05, 4.69) is 9.47 Å². The van der Waals surface area contributed by atoms with Gasteiger partial charge in [0.25, 0.3) is 0 Å². The molecule has 0 saturated carbocycles. The number of hydrogen-bond acceptors (Lipinski definition) is 2. The summed E-state index contributed by atoms with van der Waals surface area (Å²) in [4.78, 5) is 0. The van der Waals surface area contributed by atoms with Gasteiger partial charge in [-0.25, -0.2) is 17.6 Å². The van der Waals surface area contributed by atoms with Crippen LogP contribution in [-0.2, 0) is 9.47 Å². The molecule has 0 aromatic heterocycles. The molecule has 0 aromatic rings. The zero-order chi connectivity index (χ0) is 13.0. The summed E-state index contributed by atoms with van der Waals surface area (Å²) in [5, 5.41) is 0. The fraction of sp³-hybridized carbons (Fsp3) is 1.00. The average Bonchev–Trinajstić information content (AvgIpc) is 2.12. The van der Waals surface area contributed by atoms with Gasteiger partial charge >= 0.3 is 25.1 Å². The molecule has 0 bridgehead atoms. The number of ether oxygens (including phenoxy) is 2. The molecule has 10 heteroatoms. The van der Waals surface area contributed by atoms with Crippen LogP contribution in [0.3, 0.4) is 0 Å². The van der Waals surface area contributed by atoms with Crippen molar-refractivity contribution in [2.45, 2.75) is 25.1 Å². The summed E-state index contributed by atoms with van der Waals surface area (Å²) in [6.45, 7) is -2.75. The topological polar surface area (TPSA) is 18.5 Å². The van der Waals surface area contributed by atoms with E-state index >= 15 is 0 Å². The fourth-order valence-corrected chi connectivity index (χ4v) is 0.481. The Morgan fingerprint density at radius 1 is 0.688 bits per heavy atom. The van der Waals surface area contributed by atoms with Crippen molar-refractivity contribution in [2.75, 3.05) is 13.2 Å². The highest BCUT2D eigenvalue weighted by Gasteiger charge is 2.44. The summed E-state index contributed by atoms with van der Waals surface area (Å²) in [5.41, 5.74) is 0. The van der Waals surface area contributed by atoms with Gasteiger partial charge in [0, 0.05) is 0 Å². The van der Waals surface area contributed by atoms with Crippen molar-refractivity contribution in [2.24, 2.45) is 0 Å². The largest absolute Gasteiger partial charge is 0.416 e. The van der Waals surface area contributed by atoms with Crippen LogP contribution in [0.1, 0.15) is 0 Å². The number of rotatable bonds is 7. The van der Waals surface area contributed by atoms with Crippen LogP contribution in [0.15, 0.2) is 0 Å². The first-order valence-corrected chi connectivity index (χ1v) is 3.69. The molecule has 0 saturated heterocycles. The number of hydrogen-bond donors (Lipinski definition) is 0. The normalized spacial score (nSPS) is 13.9. The summed E-state index contributed by atoms with van der Waals surface area (Å²) in [6.07, 6.45) is -18.0. The Morgan fingerprint density at radius 2 is 0.938 bits per heavy atom. The van der Waals surface area contributed by atoms with Crippen LogP contribution in [0.2, 0.25) is 0 Å². The maximum absolute atomic E-state index is 12.0. The van der Waals surface area contributed by atoms with Gasteiger partial charge in [0.1, 0.15) is 0 Å². The molecule has 0 aliphatic heterocycles. The Kier molecular flexibility index (Phi) is 5.39. The van der Waals surface area contributed by atoms with Crippen LogP contribution in [0.25, 0.3) is 0 Å². The molecule has 0 aromatic carbocycles. The van der Waals surface area contributed by atoms with Crippen LogP contribution in [0, 0.1) is 0 Å². The molecule has 0 radical (unpaired) electrons. The summed E-state index contributed by atoms with van der Waals surface area (Å²) >= 11 is 0. The molecular formula is C6H6F8O2. The SMILES string of the molecule is FC(F)C(F)(F)OCCOC(F)(F)C(F)F. The third-order valence-corrected chi connectivity index (χ3v) is 1.18. The quantitative estimate of drug-likeness (QED) is 0.518. The predicted octanol–water partition coefficient (Wildman–Crippen LogP) is 2.74. The standard InChI is InChI=1S/C6H6F8O2/c7-3(8)5(11,12)15-1-2-16-6(13,14)4(9)10/h3-4H,1-2H2. The van der Waals surface area contributed by atoms with Gasteiger partial charge in [0.2, 0.25) is 0 Å². The lowest BCUT2D eigenvalue weighted by molar-refractivity contribution is -0.328. The van der Waals surface area contributed by atoms with Crippen LogP contribution < -0.4 is 0 Å². The highest BCUT2D eigenvalue weighted by Crippen LogP contribution is 2.26. The highest BCUT2D eigenvalue weighted by atomic mass is 19.3. The van der Waals surface area contributed by atoms with E-state index in [0.29, 0.717) is 0 Å². The lowest BCUT2D eigenvalue weighted by Crippen LogP contribution is -2.34. The molecule has 0 rings (SSSR count). The van der Waals surface area contributed by atoms with Gasteiger partial charge in [-0.15, -0.1) is 0 Å². The van der Waals surface area contributed by atoms with Crippen LogP contribution in [-0.4, -0.2) is 38.3 Å². The van der Waals surface area contributed by atoms with Crippen molar-refractivity contribution in [3.05, 3.63) is 0 Å². The van der Waals surface area contributed by atoms with E-state index in [-0.39, 0.29) is 0 Å². The van der Waals surface area contributed by atoms with Crippen LogP contribution in [0.4, 0.5) is 35.1 Å². The summed E-state index contributed by atoms with van der Waals surface area (Å²) in [6, 6.07) is 0. The lowest BCUT2D eigenvalue weighted by atomic mass is 10.6. The number of alkyl halides is 8. The second-order valence-electron chi connectivity index (χ2n) is 2.42. The fourth-order valence-electron chi connectivity index (χ4n) is 0.481. The van der Waals surface area contributed by atoms with E-state index in [1.807, 2.05) is 0 Å². The van der Waals surface area contributed by atoms with Crippen molar-refractivity contribution in [3.63, 3.8) is 0 Å². The van der Waals surface area contributed by atoms with Gasteiger partial charge in [-0.1, -0.05) is 0 Å². The van der Waals surface area contributed by atoms with Crippen molar-refractivity contribution < 1.29 is 44.6 Å². The van der Waals surface area contributed by atoms with E-state index in [4.69, 9.17) is 0 Å². The summed E-state index contributed by atoms with van der Waals surface area (Å²) in [5.74, 6) is 0. The lowest BCUT2D eigenvalue weighted by Gasteiger charge is -2.18. The van der Waals surface area contributed by atoms with Crippen molar-refractivity contribution in [1.82, 2.24) is 0 Å². The first-order chi connectivity index (χ1) is 7.09. The zero-order valence-electron chi connectivity index (χ0n) is 7.41. The monoisotopic (exact) mass is 262 g/mol. The van der Waals surface area contributed by atoms with E-state index in [0.717, 1.165) is 0 Å². The summed E-state index contributed by atoms with van der Waals surface area (Å²) < 4.78 is 99.9. The Bertz CT molecular complexity index is 185. The van der Waals surface area contributed by atoms with Gasteiger partial charge in [0.05, 0.1) is 13.2 Å². The smallest absolute Gasteiger partial charge is 0.314 e. The van der Waals surface area contributed by atoms with E-state index in [1.54, 1.807) is 0 Å². The van der Waals surface area contributed by atoms with E-state index in [9.17, 15) is 35.1 Å². The van der Waals surface area contributed by atoms with Gasteiger partial charge in [0.15, 0.2) is 0 Å². The average molecular weight is 262 g/mol. The molecule has 0 spiro atoms. The van der Waals surface area contributed by atoms with Crippen molar-refractivity contribution >= 4 is 0 Å². The van der Waals surface area contributed by atoms with Gasteiger partial charge < -0.3 is 9.47 Å². The maximum atomic E-state index is 12.0. The molecular weight excluding hydrogens is 256 g/mol.